The third kappa shape index (κ3) is 4.21. The van der Waals surface area contributed by atoms with Crippen LogP contribution in [0.15, 0.2) is 46.9 Å². The summed E-state index contributed by atoms with van der Waals surface area (Å²) in [6.45, 7) is 0.416. The third-order valence-electron chi connectivity index (χ3n) is 2.62. The minimum absolute atomic E-state index is 0.263. The Morgan fingerprint density at radius 1 is 1.00 bits per heavy atom. The molecule has 0 amide bonds. The largest absolute Gasteiger partial charge is 0.490 e. The number of aliphatic hydroxyl groups is 1. The summed E-state index contributed by atoms with van der Waals surface area (Å²) in [5.74, 6) is 0.819. The highest BCUT2D eigenvalue weighted by Crippen LogP contribution is 2.20. The van der Waals surface area contributed by atoms with Crippen LogP contribution in [0.4, 0.5) is 4.39 Å². The zero-order chi connectivity index (χ0) is 14.4. The van der Waals surface area contributed by atoms with Gasteiger partial charge >= 0.3 is 0 Å². The molecule has 0 aromatic heterocycles. The first-order chi connectivity index (χ1) is 9.69. The minimum Gasteiger partial charge on any atom is -0.490 e. The summed E-state index contributed by atoms with van der Waals surface area (Å²) in [6, 6.07) is 11.5. The van der Waals surface area contributed by atoms with E-state index in [0.29, 0.717) is 24.5 Å². The minimum atomic E-state index is -0.396. The lowest BCUT2D eigenvalue weighted by Crippen LogP contribution is -2.10. The van der Waals surface area contributed by atoms with Crippen LogP contribution in [0.25, 0.3) is 0 Å². The maximum absolute atomic E-state index is 13.0. The molecule has 0 atom stereocenters. The Labute approximate surface area is 125 Å². The Kier molecular flexibility index (Phi) is 5.38. The van der Waals surface area contributed by atoms with Crippen LogP contribution in [0.1, 0.15) is 5.56 Å². The van der Waals surface area contributed by atoms with Crippen molar-refractivity contribution in [3.05, 3.63) is 58.3 Å². The number of ether oxygens (including phenoxy) is 2. The van der Waals surface area contributed by atoms with E-state index in [2.05, 4.69) is 15.9 Å². The molecular weight excluding hydrogens is 327 g/mol. The lowest BCUT2D eigenvalue weighted by atomic mass is 10.2. The molecule has 0 bridgehead atoms. The van der Waals surface area contributed by atoms with Gasteiger partial charge in [-0.25, -0.2) is 4.39 Å². The smallest absolute Gasteiger partial charge is 0.125 e. The van der Waals surface area contributed by atoms with E-state index in [-0.39, 0.29) is 6.61 Å². The molecule has 3 nitrogen and oxygen atoms in total. The predicted octanol–water partition coefficient (Wildman–Crippen LogP) is 3.54. The molecule has 0 fully saturated rings. The average molecular weight is 341 g/mol. The van der Waals surface area contributed by atoms with Gasteiger partial charge in [-0.3, -0.25) is 0 Å². The number of halogens is 2. The summed E-state index contributed by atoms with van der Waals surface area (Å²) in [7, 11) is 0. The molecule has 0 aliphatic rings. The van der Waals surface area contributed by atoms with Gasteiger partial charge in [-0.15, -0.1) is 0 Å². The van der Waals surface area contributed by atoms with Crippen molar-refractivity contribution in [3.63, 3.8) is 0 Å². The van der Waals surface area contributed by atoms with E-state index < -0.39 is 5.82 Å². The fourth-order valence-corrected chi connectivity index (χ4v) is 1.92. The second kappa shape index (κ2) is 7.26. The molecule has 0 aliphatic carbocycles. The number of hydrogen-bond acceptors (Lipinski definition) is 3. The Morgan fingerprint density at radius 3 is 2.40 bits per heavy atom. The quantitative estimate of drug-likeness (QED) is 0.817. The zero-order valence-electron chi connectivity index (χ0n) is 10.7. The van der Waals surface area contributed by atoms with Crippen LogP contribution in [0.5, 0.6) is 11.5 Å². The highest BCUT2D eigenvalue weighted by Gasteiger charge is 2.04. The summed E-state index contributed by atoms with van der Waals surface area (Å²) in [4.78, 5) is 0. The molecule has 0 saturated heterocycles. The summed E-state index contributed by atoms with van der Waals surface area (Å²) in [5.41, 5.74) is 0.425. The van der Waals surface area contributed by atoms with Gasteiger partial charge in [0, 0.05) is 10.0 Å². The second-order valence-electron chi connectivity index (χ2n) is 4.06. The van der Waals surface area contributed by atoms with Crippen LogP contribution in [-0.4, -0.2) is 18.3 Å². The maximum Gasteiger partial charge on any atom is 0.125 e. The van der Waals surface area contributed by atoms with Gasteiger partial charge in [0.05, 0.1) is 6.61 Å². The molecule has 0 aliphatic heterocycles. The van der Waals surface area contributed by atoms with Gasteiger partial charge in [0.2, 0.25) is 0 Å². The molecule has 0 heterocycles. The van der Waals surface area contributed by atoms with Gasteiger partial charge in [0.1, 0.15) is 30.5 Å². The fourth-order valence-electron chi connectivity index (χ4n) is 1.65. The average Bonchev–Trinajstić information content (AvgIpc) is 2.46. The van der Waals surface area contributed by atoms with Crippen molar-refractivity contribution in [2.24, 2.45) is 0 Å². The first kappa shape index (κ1) is 14.8. The topological polar surface area (TPSA) is 38.7 Å². The van der Waals surface area contributed by atoms with Gasteiger partial charge in [-0.2, -0.15) is 0 Å². The Morgan fingerprint density at radius 2 is 1.70 bits per heavy atom. The van der Waals surface area contributed by atoms with Crippen molar-refractivity contribution >= 4 is 15.9 Å². The van der Waals surface area contributed by atoms with Crippen LogP contribution in [0, 0.1) is 5.82 Å². The molecule has 2 aromatic carbocycles. The van der Waals surface area contributed by atoms with Crippen LogP contribution < -0.4 is 9.47 Å². The van der Waals surface area contributed by atoms with Gasteiger partial charge < -0.3 is 14.6 Å². The molecule has 0 saturated carbocycles. The van der Waals surface area contributed by atoms with E-state index in [1.165, 1.54) is 18.2 Å². The maximum atomic E-state index is 13.0. The standard InChI is InChI=1S/C15H14BrFO3/c16-12-1-4-14(5-2-12)19-7-8-20-15-6-3-13(17)9-11(15)10-18/h1-6,9,18H,7-8,10H2. The predicted molar refractivity (Wildman–Crippen MR) is 77.5 cm³/mol. The molecule has 2 rings (SSSR count). The Balaban J connectivity index is 1.82. The fraction of sp³-hybridized carbons (Fsp3) is 0.200. The molecule has 0 unspecified atom stereocenters. The molecule has 1 N–H and O–H groups in total. The van der Waals surface area contributed by atoms with Crippen LogP contribution in [-0.2, 0) is 6.61 Å². The van der Waals surface area contributed by atoms with E-state index >= 15 is 0 Å². The highest BCUT2D eigenvalue weighted by molar-refractivity contribution is 9.10. The Bertz CT molecular complexity index is 558. The highest BCUT2D eigenvalue weighted by atomic mass is 79.9. The van der Waals surface area contributed by atoms with Gasteiger partial charge in [0.15, 0.2) is 0 Å². The molecule has 5 heteroatoms. The molecule has 20 heavy (non-hydrogen) atoms. The van der Waals surface area contributed by atoms with Crippen molar-refractivity contribution in [2.45, 2.75) is 6.61 Å². The van der Waals surface area contributed by atoms with Crippen molar-refractivity contribution in [1.82, 2.24) is 0 Å². The molecule has 106 valence electrons. The van der Waals surface area contributed by atoms with Crippen LogP contribution in [0.2, 0.25) is 0 Å². The van der Waals surface area contributed by atoms with Crippen molar-refractivity contribution < 1.29 is 19.0 Å². The van der Waals surface area contributed by atoms with Gasteiger partial charge in [-0.1, -0.05) is 15.9 Å². The summed E-state index contributed by atoms with van der Waals surface area (Å²) >= 11 is 3.35. The lowest BCUT2D eigenvalue weighted by molar-refractivity contribution is 0.209. The first-order valence-electron chi connectivity index (χ1n) is 6.09. The van der Waals surface area contributed by atoms with E-state index in [0.717, 1.165) is 10.2 Å². The second-order valence-corrected chi connectivity index (χ2v) is 4.98. The number of aliphatic hydroxyl groups excluding tert-OH is 1. The van der Waals surface area contributed by atoms with E-state index in [1.807, 2.05) is 24.3 Å². The van der Waals surface area contributed by atoms with Gasteiger partial charge in [-0.05, 0) is 42.5 Å². The summed E-state index contributed by atoms with van der Waals surface area (Å²) < 4.78 is 24.9. The normalized spacial score (nSPS) is 10.3. The van der Waals surface area contributed by atoms with Gasteiger partial charge in [0.25, 0.3) is 0 Å². The van der Waals surface area contributed by atoms with Crippen molar-refractivity contribution in [2.75, 3.05) is 13.2 Å². The van der Waals surface area contributed by atoms with Crippen molar-refractivity contribution in [3.8, 4) is 11.5 Å². The molecule has 0 spiro atoms. The van der Waals surface area contributed by atoms with E-state index in [4.69, 9.17) is 14.6 Å². The Hall–Kier alpha value is -1.59. The SMILES string of the molecule is OCc1cc(F)ccc1OCCOc1ccc(Br)cc1. The van der Waals surface area contributed by atoms with E-state index in [1.54, 1.807) is 0 Å². The lowest BCUT2D eigenvalue weighted by Gasteiger charge is -2.11. The first-order valence-corrected chi connectivity index (χ1v) is 6.89. The third-order valence-corrected chi connectivity index (χ3v) is 3.14. The molecule has 2 aromatic rings. The molecular formula is C15H14BrFO3. The molecule has 0 radical (unpaired) electrons. The monoisotopic (exact) mass is 340 g/mol. The number of rotatable bonds is 6. The van der Waals surface area contributed by atoms with Crippen LogP contribution >= 0.6 is 15.9 Å². The van der Waals surface area contributed by atoms with Crippen LogP contribution in [0.3, 0.4) is 0 Å². The number of benzene rings is 2. The number of hydrogen-bond donors (Lipinski definition) is 1. The summed E-state index contributed by atoms with van der Waals surface area (Å²) in [5, 5.41) is 9.12. The summed E-state index contributed by atoms with van der Waals surface area (Å²) in [6.07, 6.45) is 0. The zero-order valence-corrected chi connectivity index (χ0v) is 12.3. The van der Waals surface area contributed by atoms with E-state index in [9.17, 15) is 4.39 Å². The van der Waals surface area contributed by atoms with Crippen molar-refractivity contribution in [1.29, 1.82) is 0 Å².